The molecule has 2 rings (SSSR count). The molecule has 1 fully saturated rings. The van der Waals surface area contributed by atoms with E-state index < -0.39 is 11.9 Å². The summed E-state index contributed by atoms with van der Waals surface area (Å²) in [6, 6.07) is 4.86. The number of carboxylic acids is 1. The van der Waals surface area contributed by atoms with E-state index in [1.54, 1.807) is 12.1 Å². The normalized spacial score (nSPS) is 22.5. The summed E-state index contributed by atoms with van der Waals surface area (Å²) in [5, 5.41) is 18.9. The van der Waals surface area contributed by atoms with Crippen molar-refractivity contribution in [1.29, 1.82) is 0 Å². The second-order valence-corrected chi connectivity index (χ2v) is 5.15. The van der Waals surface area contributed by atoms with Gasteiger partial charge in [0.15, 0.2) is 0 Å². The molecule has 1 aromatic carbocycles. The number of aromatic hydroxyl groups is 1. The Balaban J connectivity index is 2.19. The lowest BCUT2D eigenvalue weighted by atomic mass is 9.99. The van der Waals surface area contributed by atoms with Gasteiger partial charge >= 0.3 is 5.97 Å². The van der Waals surface area contributed by atoms with Crippen molar-refractivity contribution in [3.63, 3.8) is 0 Å². The Labute approximate surface area is 111 Å². The third-order valence-electron chi connectivity index (χ3n) is 3.60. The number of nitrogens with zero attached hydrogens (tertiary/aromatic N) is 1. The number of hydrogen-bond acceptors (Lipinski definition) is 3. The predicted octanol–water partition coefficient (Wildman–Crippen LogP) is 1.49. The monoisotopic (exact) mass is 263 g/mol. The van der Waals surface area contributed by atoms with Gasteiger partial charge in [0, 0.05) is 13.1 Å². The molecule has 1 aliphatic rings. The minimum atomic E-state index is -0.879. The summed E-state index contributed by atoms with van der Waals surface area (Å²) < 4.78 is 0. The van der Waals surface area contributed by atoms with Crippen LogP contribution in [0.15, 0.2) is 18.2 Å². The molecule has 1 amide bonds. The van der Waals surface area contributed by atoms with Crippen LogP contribution in [0.5, 0.6) is 5.75 Å². The SMILES string of the molecule is Cc1ccc(C(=O)N2C[C@@H](C)[C@H](C(=O)O)C2)c(O)c1. The standard InChI is InChI=1S/C14H17NO4/c1-8-3-4-10(12(16)5-8)13(17)15-6-9(2)11(7-15)14(18)19/h3-5,9,11,16H,6-7H2,1-2H3,(H,18,19)/t9-,11-/m1/s1. The highest BCUT2D eigenvalue weighted by Crippen LogP contribution is 2.27. The molecule has 0 aliphatic carbocycles. The summed E-state index contributed by atoms with van der Waals surface area (Å²) in [5.41, 5.74) is 1.09. The Kier molecular flexibility index (Phi) is 3.46. The van der Waals surface area contributed by atoms with E-state index in [0.717, 1.165) is 5.56 Å². The van der Waals surface area contributed by atoms with E-state index in [1.807, 2.05) is 13.8 Å². The van der Waals surface area contributed by atoms with Gasteiger partial charge in [0.05, 0.1) is 11.5 Å². The Morgan fingerprint density at radius 3 is 2.53 bits per heavy atom. The number of benzene rings is 1. The van der Waals surface area contributed by atoms with Gasteiger partial charge in [-0.25, -0.2) is 0 Å². The summed E-state index contributed by atoms with van der Waals surface area (Å²) >= 11 is 0. The lowest BCUT2D eigenvalue weighted by Gasteiger charge is -2.16. The molecule has 2 atom stereocenters. The first kappa shape index (κ1) is 13.4. The van der Waals surface area contributed by atoms with E-state index in [1.165, 1.54) is 11.0 Å². The molecule has 1 saturated heterocycles. The van der Waals surface area contributed by atoms with Gasteiger partial charge in [-0.2, -0.15) is 0 Å². The van der Waals surface area contributed by atoms with Crippen LogP contribution >= 0.6 is 0 Å². The first-order valence-electron chi connectivity index (χ1n) is 6.22. The Hall–Kier alpha value is -2.04. The number of carboxylic acid groups (broad SMARTS) is 1. The van der Waals surface area contributed by atoms with Gasteiger partial charge in [-0.05, 0) is 30.5 Å². The van der Waals surface area contributed by atoms with Crippen molar-refractivity contribution in [2.75, 3.05) is 13.1 Å². The Bertz CT molecular complexity index is 526. The average molecular weight is 263 g/mol. The predicted molar refractivity (Wildman–Crippen MR) is 69.0 cm³/mol. The van der Waals surface area contributed by atoms with E-state index in [2.05, 4.69) is 0 Å². The van der Waals surface area contributed by atoms with Crippen LogP contribution in [0.25, 0.3) is 0 Å². The number of phenols is 1. The van der Waals surface area contributed by atoms with Crippen molar-refractivity contribution in [2.45, 2.75) is 13.8 Å². The van der Waals surface area contributed by atoms with E-state index in [0.29, 0.717) is 6.54 Å². The van der Waals surface area contributed by atoms with Crippen molar-refractivity contribution < 1.29 is 19.8 Å². The molecule has 1 heterocycles. The third-order valence-corrected chi connectivity index (χ3v) is 3.60. The van der Waals surface area contributed by atoms with Crippen LogP contribution in [0.2, 0.25) is 0 Å². The molecule has 19 heavy (non-hydrogen) atoms. The fraction of sp³-hybridized carbons (Fsp3) is 0.429. The average Bonchev–Trinajstić information content (AvgIpc) is 2.70. The van der Waals surface area contributed by atoms with Gasteiger partial charge in [-0.1, -0.05) is 13.0 Å². The first-order valence-corrected chi connectivity index (χ1v) is 6.22. The number of carbonyl (C=O) groups is 2. The molecular formula is C14H17NO4. The molecule has 5 heteroatoms. The zero-order valence-corrected chi connectivity index (χ0v) is 11.0. The van der Waals surface area contributed by atoms with Gasteiger partial charge < -0.3 is 15.1 Å². The summed E-state index contributed by atoms with van der Waals surface area (Å²) in [7, 11) is 0. The summed E-state index contributed by atoms with van der Waals surface area (Å²) in [4.78, 5) is 24.8. The zero-order chi connectivity index (χ0) is 14.2. The van der Waals surface area contributed by atoms with Crippen molar-refractivity contribution >= 4 is 11.9 Å². The summed E-state index contributed by atoms with van der Waals surface area (Å²) in [6.07, 6.45) is 0. The molecule has 5 nitrogen and oxygen atoms in total. The van der Waals surface area contributed by atoms with Gasteiger partial charge in [0.1, 0.15) is 5.75 Å². The maximum atomic E-state index is 12.3. The van der Waals surface area contributed by atoms with Crippen molar-refractivity contribution in [3.8, 4) is 5.75 Å². The maximum Gasteiger partial charge on any atom is 0.308 e. The fourth-order valence-electron chi connectivity index (χ4n) is 2.45. The first-order chi connectivity index (χ1) is 8.90. The van der Waals surface area contributed by atoms with Crippen molar-refractivity contribution in [1.82, 2.24) is 4.90 Å². The highest BCUT2D eigenvalue weighted by molar-refractivity contribution is 5.97. The topological polar surface area (TPSA) is 77.8 Å². The largest absolute Gasteiger partial charge is 0.507 e. The molecule has 0 saturated carbocycles. The van der Waals surface area contributed by atoms with Gasteiger partial charge in [-0.15, -0.1) is 0 Å². The number of aliphatic carboxylic acids is 1. The van der Waals surface area contributed by atoms with Crippen LogP contribution in [0.1, 0.15) is 22.8 Å². The summed E-state index contributed by atoms with van der Waals surface area (Å²) in [6.45, 7) is 4.25. The molecule has 0 spiro atoms. The van der Waals surface area contributed by atoms with Crippen LogP contribution in [-0.2, 0) is 4.79 Å². The highest BCUT2D eigenvalue weighted by atomic mass is 16.4. The number of phenolic OH excluding ortho intramolecular Hbond substituents is 1. The fourth-order valence-corrected chi connectivity index (χ4v) is 2.45. The number of aryl methyl sites for hydroxylation is 1. The Morgan fingerprint density at radius 2 is 2.00 bits per heavy atom. The quantitative estimate of drug-likeness (QED) is 0.847. The summed E-state index contributed by atoms with van der Waals surface area (Å²) in [5.74, 6) is -1.86. The minimum absolute atomic E-state index is 0.0589. The second kappa shape index (κ2) is 4.91. The lowest BCUT2D eigenvalue weighted by Crippen LogP contribution is -2.30. The second-order valence-electron chi connectivity index (χ2n) is 5.15. The number of amides is 1. The third kappa shape index (κ3) is 2.54. The molecule has 1 aliphatic heterocycles. The van der Waals surface area contributed by atoms with E-state index in [4.69, 9.17) is 5.11 Å². The van der Waals surface area contributed by atoms with Crippen LogP contribution in [-0.4, -0.2) is 40.1 Å². The Morgan fingerprint density at radius 1 is 1.32 bits per heavy atom. The number of likely N-dealkylation sites (tertiary alicyclic amines) is 1. The number of hydrogen-bond donors (Lipinski definition) is 2. The molecule has 1 aromatic rings. The number of rotatable bonds is 2. The maximum absolute atomic E-state index is 12.3. The van der Waals surface area contributed by atoms with Crippen LogP contribution < -0.4 is 0 Å². The van der Waals surface area contributed by atoms with Crippen molar-refractivity contribution in [2.24, 2.45) is 11.8 Å². The van der Waals surface area contributed by atoms with Gasteiger partial charge in [0.25, 0.3) is 5.91 Å². The molecule has 0 bridgehead atoms. The van der Waals surface area contributed by atoms with E-state index in [9.17, 15) is 14.7 Å². The van der Waals surface area contributed by atoms with Crippen LogP contribution in [0, 0.1) is 18.8 Å². The molecule has 0 unspecified atom stereocenters. The number of carbonyl (C=O) groups excluding carboxylic acids is 1. The van der Waals surface area contributed by atoms with Crippen molar-refractivity contribution in [3.05, 3.63) is 29.3 Å². The van der Waals surface area contributed by atoms with Crippen LogP contribution in [0.4, 0.5) is 0 Å². The lowest BCUT2D eigenvalue weighted by molar-refractivity contribution is -0.142. The smallest absolute Gasteiger partial charge is 0.308 e. The zero-order valence-electron chi connectivity index (χ0n) is 11.0. The highest BCUT2D eigenvalue weighted by Gasteiger charge is 2.37. The molecule has 0 aromatic heterocycles. The van der Waals surface area contributed by atoms with Gasteiger partial charge in [0.2, 0.25) is 0 Å². The molecular weight excluding hydrogens is 246 g/mol. The van der Waals surface area contributed by atoms with Gasteiger partial charge in [-0.3, -0.25) is 9.59 Å². The van der Waals surface area contributed by atoms with E-state index in [-0.39, 0.29) is 29.7 Å². The van der Waals surface area contributed by atoms with Crippen LogP contribution in [0.3, 0.4) is 0 Å². The minimum Gasteiger partial charge on any atom is -0.507 e. The molecule has 0 radical (unpaired) electrons. The van der Waals surface area contributed by atoms with E-state index >= 15 is 0 Å². The molecule has 2 N–H and O–H groups in total. The molecule has 102 valence electrons.